The molecule has 30 heavy (non-hydrogen) atoms. The minimum Gasteiger partial charge on any atom is -0.356 e. The van der Waals surface area contributed by atoms with Crippen molar-refractivity contribution in [3.05, 3.63) is 65.5 Å². The van der Waals surface area contributed by atoms with E-state index in [1.165, 1.54) is 5.56 Å². The van der Waals surface area contributed by atoms with Gasteiger partial charge in [-0.05, 0) is 30.5 Å². The molecule has 9 heteroatoms. The summed E-state index contributed by atoms with van der Waals surface area (Å²) < 4.78 is 39.9. The lowest BCUT2D eigenvalue weighted by atomic mass is 9.64. The van der Waals surface area contributed by atoms with Gasteiger partial charge in [-0.3, -0.25) is 9.79 Å². The molecule has 1 aliphatic carbocycles. The second-order valence-corrected chi connectivity index (χ2v) is 7.05. The van der Waals surface area contributed by atoms with Crippen LogP contribution in [-0.2, 0) is 10.2 Å². The van der Waals surface area contributed by atoms with E-state index in [-0.39, 0.29) is 35.9 Å². The number of guanidine groups is 1. The lowest BCUT2D eigenvalue weighted by Gasteiger charge is -2.43. The number of halogens is 4. The first-order chi connectivity index (χ1) is 13.9. The van der Waals surface area contributed by atoms with Crippen LogP contribution in [0, 0.1) is 17.5 Å². The molecule has 0 spiro atoms. The van der Waals surface area contributed by atoms with E-state index < -0.39 is 29.0 Å². The highest BCUT2D eigenvalue weighted by Crippen LogP contribution is 2.43. The van der Waals surface area contributed by atoms with E-state index in [1.54, 1.807) is 7.05 Å². The Balaban J connectivity index is 0.00000320. The Morgan fingerprint density at radius 1 is 1.03 bits per heavy atom. The zero-order chi connectivity index (χ0) is 20.9. The number of benzene rings is 2. The van der Waals surface area contributed by atoms with Gasteiger partial charge in [-0.25, -0.2) is 13.2 Å². The molecule has 0 heterocycles. The smallest absolute Gasteiger partial charge is 0.243 e. The van der Waals surface area contributed by atoms with Crippen molar-refractivity contribution in [2.45, 2.75) is 24.7 Å². The van der Waals surface area contributed by atoms with Crippen LogP contribution in [0.5, 0.6) is 0 Å². The Morgan fingerprint density at radius 2 is 1.73 bits per heavy atom. The monoisotopic (exact) mass is 532 g/mol. The fourth-order valence-corrected chi connectivity index (χ4v) is 3.42. The Labute approximate surface area is 190 Å². The number of rotatable bonds is 6. The second-order valence-electron chi connectivity index (χ2n) is 7.05. The average molecular weight is 532 g/mol. The number of hydrogen-bond acceptors (Lipinski definition) is 2. The number of aliphatic imine (C=N–C) groups is 1. The number of nitrogens with one attached hydrogen (secondary N) is 3. The molecule has 1 aliphatic rings. The van der Waals surface area contributed by atoms with Gasteiger partial charge < -0.3 is 16.0 Å². The highest BCUT2D eigenvalue weighted by molar-refractivity contribution is 14.0. The minimum absolute atomic E-state index is 0. The number of hydrogen-bond donors (Lipinski definition) is 3. The van der Waals surface area contributed by atoms with Crippen molar-refractivity contribution in [2.75, 3.05) is 25.5 Å². The van der Waals surface area contributed by atoms with Crippen molar-refractivity contribution in [3.63, 3.8) is 0 Å². The largest absolute Gasteiger partial charge is 0.356 e. The summed E-state index contributed by atoms with van der Waals surface area (Å²) in [5, 5.41) is 8.29. The third-order valence-electron chi connectivity index (χ3n) is 5.24. The van der Waals surface area contributed by atoms with E-state index >= 15 is 0 Å². The van der Waals surface area contributed by atoms with Gasteiger partial charge in [0.2, 0.25) is 5.91 Å². The maximum absolute atomic E-state index is 13.7. The van der Waals surface area contributed by atoms with E-state index in [4.69, 9.17) is 0 Å². The number of carbonyl (C=O) groups excluding carboxylic acids is 1. The summed E-state index contributed by atoms with van der Waals surface area (Å²) in [5.41, 5.74) is 0.882. The van der Waals surface area contributed by atoms with Crippen LogP contribution in [0.4, 0.5) is 18.9 Å². The van der Waals surface area contributed by atoms with Gasteiger partial charge in [0.25, 0.3) is 0 Å². The lowest BCUT2D eigenvalue weighted by molar-refractivity contribution is -0.115. The Morgan fingerprint density at radius 3 is 2.33 bits per heavy atom. The maximum Gasteiger partial charge on any atom is 0.243 e. The third-order valence-corrected chi connectivity index (χ3v) is 5.24. The van der Waals surface area contributed by atoms with Crippen LogP contribution in [0.2, 0.25) is 0 Å². The van der Waals surface area contributed by atoms with Crippen molar-refractivity contribution in [3.8, 4) is 0 Å². The molecule has 1 amide bonds. The van der Waals surface area contributed by atoms with E-state index in [2.05, 4.69) is 33.1 Å². The van der Waals surface area contributed by atoms with Crippen molar-refractivity contribution in [2.24, 2.45) is 4.99 Å². The minimum atomic E-state index is -1.63. The van der Waals surface area contributed by atoms with E-state index in [0.717, 1.165) is 31.4 Å². The molecule has 2 aromatic rings. The maximum atomic E-state index is 13.7. The van der Waals surface area contributed by atoms with Crippen LogP contribution in [0.25, 0.3) is 0 Å². The Bertz CT molecular complexity index is 905. The molecule has 0 atom stereocenters. The topological polar surface area (TPSA) is 65.5 Å². The van der Waals surface area contributed by atoms with Gasteiger partial charge in [0.1, 0.15) is 0 Å². The molecule has 3 rings (SSSR count). The predicted octanol–water partition coefficient (Wildman–Crippen LogP) is 3.95. The summed E-state index contributed by atoms with van der Waals surface area (Å²) >= 11 is 0. The van der Waals surface area contributed by atoms with Crippen LogP contribution < -0.4 is 16.0 Å². The molecular formula is C21H24F3IN4O. The Kier molecular flexibility index (Phi) is 8.51. The summed E-state index contributed by atoms with van der Waals surface area (Å²) in [5.74, 6) is -4.56. The first kappa shape index (κ1) is 24.0. The zero-order valence-corrected chi connectivity index (χ0v) is 18.8. The van der Waals surface area contributed by atoms with Crippen LogP contribution in [-0.4, -0.2) is 32.0 Å². The van der Waals surface area contributed by atoms with Crippen LogP contribution in [0.3, 0.4) is 0 Å². The Hall–Kier alpha value is -2.30. The lowest BCUT2D eigenvalue weighted by Crippen LogP contribution is -2.49. The van der Waals surface area contributed by atoms with E-state index in [9.17, 15) is 18.0 Å². The van der Waals surface area contributed by atoms with Gasteiger partial charge in [0, 0.05) is 19.0 Å². The van der Waals surface area contributed by atoms with Gasteiger partial charge in [0.15, 0.2) is 23.4 Å². The molecule has 162 valence electrons. The number of anilines is 1. The predicted molar refractivity (Wildman–Crippen MR) is 122 cm³/mol. The highest BCUT2D eigenvalue weighted by atomic mass is 127. The molecule has 5 nitrogen and oxygen atoms in total. The van der Waals surface area contributed by atoms with Crippen LogP contribution in [0.15, 0.2) is 47.5 Å². The van der Waals surface area contributed by atoms with Crippen molar-refractivity contribution in [1.29, 1.82) is 0 Å². The van der Waals surface area contributed by atoms with Crippen molar-refractivity contribution >= 4 is 41.5 Å². The number of carbonyl (C=O) groups is 1. The number of nitrogens with zero attached hydrogens (tertiary/aromatic N) is 1. The normalized spacial score (nSPS) is 14.9. The standard InChI is InChI=1S/C21H23F3N4O.HI/c1-25-20(27-13-21(10-5-11-21)14-6-3-2-4-7-14)26-12-17(29)28-16-9-8-15(22)18(23)19(16)24;/h2-4,6-9H,5,10-13H2,1H3,(H,28,29)(H2,25,26,27);1H. The molecule has 3 N–H and O–H groups in total. The van der Waals surface area contributed by atoms with Crippen LogP contribution in [0.1, 0.15) is 24.8 Å². The SMILES string of the molecule is CN=C(NCC(=O)Nc1ccc(F)c(F)c1F)NCC1(c2ccccc2)CCC1.I. The quantitative estimate of drug-likeness (QED) is 0.229. The fourth-order valence-electron chi connectivity index (χ4n) is 3.42. The molecule has 2 aromatic carbocycles. The third kappa shape index (κ3) is 5.44. The molecule has 1 fully saturated rings. The van der Waals surface area contributed by atoms with Gasteiger partial charge in [-0.2, -0.15) is 0 Å². The van der Waals surface area contributed by atoms with Gasteiger partial charge in [0.05, 0.1) is 12.2 Å². The number of amides is 1. The fraction of sp³-hybridized carbons (Fsp3) is 0.333. The molecule has 0 bridgehead atoms. The zero-order valence-electron chi connectivity index (χ0n) is 16.5. The molecule has 0 radical (unpaired) electrons. The molecule has 0 saturated heterocycles. The van der Waals surface area contributed by atoms with Crippen molar-refractivity contribution < 1.29 is 18.0 Å². The molecule has 0 aliphatic heterocycles. The van der Waals surface area contributed by atoms with Crippen molar-refractivity contribution in [1.82, 2.24) is 10.6 Å². The summed E-state index contributed by atoms with van der Waals surface area (Å²) in [6, 6.07) is 12.0. The first-order valence-electron chi connectivity index (χ1n) is 9.38. The summed E-state index contributed by atoms with van der Waals surface area (Å²) in [6.07, 6.45) is 3.29. The first-order valence-corrected chi connectivity index (χ1v) is 9.38. The second kappa shape index (κ2) is 10.6. The van der Waals surface area contributed by atoms with Gasteiger partial charge in [-0.1, -0.05) is 36.8 Å². The molecule has 0 unspecified atom stereocenters. The highest BCUT2D eigenvalue weighted by Gasteiger charge is 2.38. The molecule has 0 aromatic heterocycles. The van der Waals surface area contributed by atoms with E-state index in [0.29, 0.717) is 12.5 Å². The van der Waals surface area contributed by atoms with E-state index in [1.807, 2.05) is 18.2 Å². The van der Waals surface area contributed by atoms with Crippen LogP contribution >= 0.6 is 24.0 Å². The van der Waals surface area contributed by atoms with Gasteiger partial charge in [-0.15, -0.1) is 24.0 Å². The molecule has 1 saturated carbocycles. The summed E-state index contributed by atoms with van der Waals surface area (Å²) in [6.45, 7) is 0.451. The van der Waals surface area contributed by atoms with Gasteiger partial charge >= 0.3 is 0 Å². The summed E-state index contributed by atoms with van der Waals surface area (Å²) in [7, 11) is 1.58. The average Bonchev–Trinajstić information content (AvgIpc) is 2.70. The molecular weight excluding hydrogens is 508 g/mol. The summed E-state index contributed by atoms with van der Waals surface area (Å²) in [4.78, 5) is 16.1.